The molecule has 1 heterocycles. The van der Waals surface area contributed by atoms with Crippen molar-refractivity contribution in [3.8, 4) is 33.8 Å². The van der Waals surface area contributed by atoms with E-state index < -0.39 is 17.3 Å². The van der Waals surface area contributed by atoms with Crippen LogP contribution in [0.15, 0.2) is 65.7 Å². The first-order valence-electron chi connectivity index (χ1n) is 9.56. The fourth-order valence-electron chi connectivity index (χ4n) is 3.13. The molecule has 0 aliphatic heterocycles. The Hall–Kier alpha value is -4.60. The van der Waals surface area contributed by atoms with Crippen LogP contribution in [0.2, 0.25) is 0 Å². The summed E-state index contributed by atoms with van der Waals surface area (Å²) in [5, 5.41) is 32.5. The van der Waals surface area contributed by atoms with Crippen molar-refractivity contribution in [3.05, 3.63) is 88.0 Å². The zero-order chi connectivity index (χ0) is 23.5. The molecule has 0 aliphatic rings. The molecule has 3 aromatic carbocycles. The molecule has 4 aromatic rings. The summed E-state index contributed by atoms with van der Waals surface area (Å²) < 4.78 is 16.5. The smallest absolute Gasteiger partial charge is 0.338 e. The lowest BCUT2D eigenvalue weighted by atomic mass is 10.00. The van der Waals surface area contributed by atoms with E-state index in [1.54, 1.807) is 48.1 Å². The molecule has 4 rings (SSSR count). The van der Waals surface area contributed by atoms with Crippen LogP contribution in [-0.4, -0.2) is 20.9 Å². The highest BCUT2D eigenvalue weighted by Crippen LogP contribution is 2.31. The third-order valence-corrected chi connectivity index (χ3v) is 5.85. The van der Waals surface area contributed by atoms with Crippen LogP contribution in [0, 0.1) is 28.5 Å². The minimum atomic E-state index is -1.41. The summed E-state index contributed by atoms with van der Waals surface area (Å²) in [5.74, 6) is -2.29. The quantitative estimate of drug-likeness (QED) is 0.482. The lowest BCUT2D eigenvalue weighted by Gasteiger charge is -2.08. The van der Waals surface area contributed by atoms with Gasteiger partial charge in [-0.3, -0.25) is 0 Å². The summed E-state index contributed by atoms with van der Waals surface area (Å²) in [6, 6.07) is 19.8. The maximum absolute atomic E-state index is 15.0. The van der Waals surface area contributed by atoms with Crippen LogP contribution in [0.1, 0.15) is 21.5 Å². The molecule has 0 bridgehead atoms. The monoisotopic (exact) mass is 455 g/mol. The maximum Gasteiger partial charge on any atom is 0.338 e. The number of carbonyl (C=O) groups is 1. The lowest BCUT2D eigenvalue weighted by Crippen LogP contribution is -2.11. The van der Waals surface area contributed by atoms with Crippen molar-refractivity contribution in [2.45, 2.75) is 0 Å². The molecule has 0 spiro atoms. The normalized spacial score (nSPS) is 11.1. The summed E-state index contributed by atoms with van der Waals surface area (Å²) in [6.45, 7) is 0. The van der Waals surface area contributed by atoms with Crippen LogP contribution in [0.5, 0.6) is 0 Å². The molecule has 0 fully saturated rings. The summed E-state index contributed by atoms with van der Waals surface area (Å²) in [5.41, 5.74) is 1.99. The molecule has 0 aliphatic carbocycles. The van der Waals surface area contributed by atoms with Gasteiger partial charge in [0.25, 0.3) is 0 Å². The van der Waals surface area contributed by atoms with Crippen molar-refractivity contribution < 1.29 is 14.3 Å². The predicted molar refractivity (Wildman–Crippen MR) is 120 cm³/mol. The number of rotatable bonds is 4. The number of carboxylic acids is 1. The molecule has 7 nitrogen and oxygen atoms in total. The van der Waals surface area contributed by atoms with Gasteiger partial charge in [0, 0.05) is 18.2 Å². The van der Waals surface area contributed by atoms with E-state index in [0.717, 1.165) is 5.56 Å². The molecule has 0 atom stereocenters. The SMILES string of the molecule is Cn1nc(-c2ccc(C#N)cc2)sc1=Nc1cc(C(=O)O)c(F)c(-c2ccc(C#N)cc2)c1. The van der Waals surface area contributed by atoms with Gasteiger partial charge in [-0.2, -0.15) is 15.6 Å². The van der Waals surface area contributed by atoms with Gasteiger partial charge in [0.05, 0.1) is 34.5 Å². The lowest BCUT2D eigenvalue weighted by molar-refractivity contribution is 0.0692. The molecule has 0 amide bonds. The highest BCUT2D eigenvalue weighted by molar-refractivity contribution is 7.12. The second-order valence-corrected chi connectivity index (χ2v) is 7.92. The average Bonchev–Trinajstić information content (AvgIpc) is 3.20. The Kier molecular flexibility index (Phi) is 5.81. The summed E-state index contributed by atoms with van der Waals surface area (Å²) in [7, 11) is 1.70. The molecule has 160 valence electrons. The minimum absolute atomic E-state index is 0.0672. The van der Waals surface area contributed by atoms with Crippen LogP contribution < -0.4 is 4.80 Å². The van der Waals surface area contributed by atoms with Crippen LogP contribution >= 0.6 is 11.3 Å². The largest absolute Gasteiger partial charge is 0.478 e. The second kappa shape index (κ2) is 8.87. The topological polar surface area (TPSA) is 115 Å². The summed E-state index contributed by atoms with van der Waals surface area (Å²) >= 11 is 1.27. The maximum atomic E-state index is 15.0. The van der Waals surface area contributed by atoms with Gasteiger partial charge in [0.2, 0.25) is 4.80 Å². The Morgan fingerprint density at radius 3 is 2.15 bits per heavy atom. The molecule has 0 unspecified atom stereocenters. The Bertz CT molecular complexity index is 1520. The van der Waals surface area contributed by atoms with E-state index in [1.165, 1.54) is 35.6 Å². The minimum Gasteiger partial charge on any atom is -0.478 e. The van der Waals surface area contributed by atoms with Crippen LogP contribution in [0.3, 0.4) is 0 Å². The number of nitrogens with zero attached hydrogens (tertiary/aromatic N) is 5. The molecular formula is C24H14FN5O2S. The van der Waals surface area contributed by atoms with Gasteiger partial charge in [-0.05, 0) is 42.0 Å². The Balaban J connectivity index is 1.83. The predicted octanol–water partition coefficient (Wildman–Crippen LogP) is 4.63. The Morgan fingerprint density at radius 2 is 1.61 bits per heavy atom. The van der Waals surface area contributed by atoms with E-state index in [0.29, 0.717) is 26.5 Å². The fraction of sp³-hybridized carbons (Fsp3) is 0.0417. The summed E-state index contributed by atoms with van der Waals surface area (Å²) in [4.78, 5) is 16.6. The van der Waals surface area contributed by atoms with Crippen LogP contribution in [0.25, 0.3) is 21.7 Å². The Labute approximate surface area is 191 Å². The first-order chi connectivity index (χ1) is 15.9. The van der Waals surface area contributed by atoms with E-state index in [1.807, 2.05) is 6.07 Å². The number of hydrogen-bond donors (Lipinski definition) is 1. The third kappa shape index (κ3) is 4.40. The molecule has 1 N–H and O–H groups in total. The standard InChI is InChI=1S/C24H14FN5O2S/c1-30-24(33-22(29-30)17-8-4-15(13-27)5-9-17)28-18-10-19(21(25)20(11-18)23(31)32)16-6-2-14(12-26)3-7-16/h2-11H,1H3,(H,31,32). The van der Waals surface area contributed by atoms with Crippen molar-refractivity contribution in [1.82, 2.24) is 9.78 Å². The molecule has 0 radical (unpaired) electrons. The molecule has 0 saturated heterocycles. The number of aryl methyl sites for hydroxylation is 1. The molecule has 0 saturated carbocycles. The number of halogens is 1. The average molecular weight is 455 g/mol. The number of aromatic nitrogens is 2. The fourth-order valence-corrected chi connectivity index (χ4v) is 4.04. The molecule has 9 heteroatoms. The highest BCUT2D eigenvalue weighted by atomic mass is 32.1. The van der Waals surface area contributed by atoms with Gasteiger partial charge in [-0.15, -0.1) is 0 Å². The third-order valence-electron chi connectivity index (χ3n) is 4.80. The molecular weight excluding hydrogens is 441 g/mol. The Morgan fingerprint density at radius 1 is 1.03 bits per heavy atom. The first kappa shape index (κ1) is 21.6. The van der Waals surface area contributed by atoms with Crippen molar-refractivity contribution in [1.29, 1.82) is 10.5 Å². The van der Waals surface area contributed by atoms with Gasteiger partial charge in [-0.1, -0.05) is 35.6 Å². The van der Waals surface area contributed by atoms with E-state index in [2.05, 4.69) is 16.2 Å². The zero-order valence-electron chi connectivity index (χ0n) is 17.2. The number of nitriles is 2. The molecule has 33 heavy (non-hydrogen) atoms. The number of aromatic carboxylic acids is 1. The van der Waals surface area contributed by atoms with E-state index >= 15 is 0 Å². The number of carboxylic acid groups (broad SMARTS) is 1. The second-order valence-electron chi connectivity index (χ2n) is 6.96. The van der Waals surface area contributed by atoms with Crippen LogP contribution in [0.4, 0.5) is 10.1 Å². The number of hydrogen-bond acceptors (Lipinski definition) is 6. The highest BCUT2D eigenvalue weighted by Gasteiger charge is 2.18. The van der Waals surface area contributed by atoms with Crippen LogP contribution in [-0.2, 0) is 7.05 Å². The van der Waals surface area contributed by atoms with Gasteiger partial charge in [0.15, 0.2) is 0 Å². The van der Waals surface area contributed by atoms with E-state index in [4.69, 9.17) is 10.5 Å². The van der Waals surface area contributed by atoms with Crippen molar-refractivity contribution in [2.75, 3.05) is 0 Å². The molecule has 1 aromatic heterocycles. The van der Waals surface area contributed by atoms with Gasteiger partial charge < -0.3 is 5.11 Å². The summed E-state index contributed by atoms with van der Waals surface area (Å²) in [6.07, 6.45) is 0. The van der Waals surface area contributed by atoms with Crippen molar-refractivity contribution in [3.63, 3.8) is 0 Å². The van der Waals surface area contributed by atoms with Gasteiger partial charge in [0.1, 0.15) is 10.8 Å². The van der Waals surface area contributed by atoms with Crippen molar-refractivity contribution in [2.24, 2.45) is 12.0 Å². The van der Waals surface area contributed by atoms with Crippen molar-refractivity contribution >= 4 is 23.0 Å². The first-order valence-corrected chi connectivity index (χ1v) is 10.4. The van der Waals surface area contributed by atoms with Gasteiger partial charge in [-0.25, -0.2) is 18.9 Å². The number of benzene rings is 3. The zero-order valence-corrected chi connectivity index (χ0v) is 18.0. The van der Waals surface area contributed by atoms with Gasteiger partial charge >= 0.3 is 5.97 Å². The van der Waals surface area contributed by atoms with E-state index in [9.17, 15) is 14.3 Å². The van der Waals surface area contributed by atoms with E-state index in [-0.39, 0.29) is 11.3 Å².